The van der Waals surface area contributed by atoms with E-state index in [-0.39, 0.29) is 17.7 Å². The predicted molar refractivity (Wildman–Crippen MR) is 149 cm³/mol. The van der Waals surface area contributed by atoms with E-state index in [1.807, 2.05) is 12.1 Å². The highest BCUT2D eigenvalue weighted by Gasteiger charge is 2.28. The van der Waals surface area contributed by atoms with Gasteiger partial charge < -0.3 is 31.3 Å². The first-order chi connectivity index (χ1) is 18.3. The monoisotopic (exact) mass is 517 g/mol. The van der Waals surface area contributed by atoms with E-state index in [2.05, 4.69) is 56.5 Å². The molecule has 2 aliphatic rings. The number of nitrogen functional groups attached to an aromatic ring is 1. The fourth-order valence-corrected chi connectivity index (χ4v) is 5.75. The number of likely N-dealkylation sites (tertiary alicyclic amines) is 1. The largest absolute Gasteiger partial charge is 0.465 e. The second kappa shape index (κ2) is 10.8. The van der Waals surface area contributed by atoms with E-state index < -0.39 is 12.0 Å². The van der Waals surface area contributed by atoms with Crippen LogP contribution in [0.25, 0.3) is 10.9 Å². The van der Waals surface area contributed by atoms with E-state index in [4.69, 9.17) is 5.73 Å². The standard InChI is InChI=1S/C28H35N7O3/c1-17-11-21(31-28(37)38)16-35(15-17)25-5-8-30-14-24(25)33-27(36)26-22(29)12-20-4-3-19(13-23(20)32-26)18-6-9-34(2)10-7-18/h3-5,8,12-14,17-18,21,31H,6-7,9-11,15-16,29H2,1-2H3,(H,33,36)(H,37,38)/t17-,21+/m1/s1. The number of hydrogen-bond acceptors (Lipinski definition) is 7. The van der Waals surface area contributed by atoms with Crippen molar-refractivity contribution in [1.82, 2.24) is 20.2 Å². The predicted octanol–water partition coefficient (Wildman–Crippen LogP) is 3.76. The van der Waals surface area contributed by atoms with Gasteiger partial charge in [-0.15, -0.1) is 0 Å². The molecule has 0 spiro atoms. The maximum Gasteiger partial charge on any atom is 0.404 e. The van der Waals surface area contributed by atoms with Crippen molar-refractivity contribution in [1.29, 1.82) is 0 Å². The van der Waals surface area contributed by atoms with Gasteiger partial charge in [-0.25, -0.2) is 9.78 Å². The molecule has 0 saturated carbocycles. The average Bonchev–Trinajstić information content (AvgIpc) is 2.88. The molecule has 0 radical (unpaired) electrons. The fraction of sp³-hybridized carbons (Fsp3) is 0.429. The lowest BCUT2D eigenvalue weighted by Crippen LogP contribution is -2.50. The number of hydrogen-bond donors (Lipinski definition) is 4. The number of nitrogens with one attached hydrogen (secondary N) is 2. The van der Waals surface area contributed by atoms with Crippen molar-refractivity contribution >= 4 is 40.0 Å². The third-order valence-electron chi connectivity index (χ3n) is 7.65. The molecule has 2 fully saturated rings. The third-order valence-corrected chi connectivity index (χ3v) is 7.65. The molecule has 38 heavy (non-hydrogen) atoms. The Labute approximate surface area is 222 Å². The Morgan fingerprint density at radius 3 is 2.68 bits per heavy atom. The molecule has 200 valence electrons. The first-order valence-electron chi connectivity index (χ1n) is 13.2. The average molecular weight is 518 g/mol. The summed E-state index contributed by atoms with van der Waals surface area (Å²) in [5.74, 6) is 0.346. The van der Waals surface area contributed by atoms with Crippen molar-refractivity contribution in [3.63, 3.8) is 0 Å². The molecule has 4 heterocycles. The molecule has 1 aromatic carbocycles. The number of carboxylic acid groups (broad SMARTS) is 1. The van der Waals surface area contributed by atoms with Crippen LogP contribution in [0.15, 0.2) is 42.7 Å². The van der Waals surface area contributed by atoms with Crippen LogP contribution in [0.4, 0.5) is 21.9 Å². The van der Waals surface area contributed by atoms with E-state index >= 15 is 0 Å². The lowest BCUT2D eigenvalue weighted by Gasteiger charge is -2.38. The molecule has 2 aliphatic heterocycles. The van der Waals surface area contributed by atoms with Crippen molar-refractivity contribution in [3.05, 3.63) is 54.0 Å². The zero-order valence-corrected chi connectivity index (χ0v) is 21.9. The van der Waals surface area contributed by atoms with Crippen LogP contribution >= 0.6 is 0 Å². The normalized spacial score (nSPS) is 20.8. The van der Waals surface area contributed by atoms with E-state index in [0.29, 0.717) is 23.8 Å². The van der Waals surface area contributed by atoms with Gasteiger partial charge in [-0.05, 0) is 75.0 Å². The van der Waals surface area contributed by atoms with Crippen LogP contribution in [-0.4, -0.2) is 71.2 Å². The van der Waals surface area contributed by atoms with Gasteiger partial charge in [0.2, 0.25) is 0 Å². The Balaban J connectivity index is 1.38. The number of aromatic nitrogens is 2. The lowest BCUT2D eigenvalue weighted by molar-refractivity contribution is 0.102. The summed E-state index contributed by atoms with van der Waals surface area (Å²) >= 11 is 0. The number of benzene rings is 1. The molecule has 2 amide bonds. The molecule has 0 bridgehead atoms. The SMILES string of the molecule is C[C@@H]1C[C@H](NC(=O)O)CN(c2ccncc2NC(=O)c2nc3cc(C4CCN(C)CC4)ccc3cc2N)C1. The molecule has 2 aromatic heterocycles. The summed E-state index contributed by atoms with van der Waals surface area (Å²) in [6.07, 6.45) is 5.19. The van der Waals surface area contributed by atoms with Gasteiger partial charge in [0.05, 0.1) is 28.8 Å². The lowest BCUT2D eigenvalue weighted by atomic mass is 9.89. The minimum atomic E-state index is -1.04. The van der Waals surface area contributed by atoms with Crippen LogP contribution in [0.2, 0.25) is 0 Å². The van der Waals surface area contributed by atoms with Gasteiger partial charge in [-0.2, -0.15) is 0 Å². The molecule has 2 atom stereocenters. The minimum Gasteiger partial charge on any atom is -0.465 e. The van der Waals surface area contributed by atoms with Gasteiger partial charge in [-0.1, -0.05) is 19.1 Å². The van der Waals surface area contributed by atoms with Gasteiger partial charge in [0.1, 0.15) is 0 Å². The number of carbonyl (C=O) groups is 2. The number of rotatable bonds is 5. The minimum absolute atomic E-state index is 0.172. The van der Waals surface area contributed by atoms with Gasteiger partial charge in [0.25, 0.3) is 5.91 Å². The fourth-order valence-electron chi connectivity index (χ4n) is 5.75. The number of amides is 2. The second-order valence-corrected chi connectivity index (χ2v) is 10.7. The van der Waals surface area contributed by atoms with Crippen molar-refractivity contribution in [2.75, 3.05) is 49.2 Å². The summed E-state index contributed by atoms with van der Waals surface area (Å²) in [5, 5.41) is 15.6. The van der Waals surface area contributed by atoms with Crippen LogP contribution in [0.5, 0.6) is 0 Å². The summed E-state index contributed by atoms with van der Waals surface area (Å²) < 4.78 is 0. The first-order valence-corrected chi connectivity index (χ1v) is 13.2. The number of pyridine rings is 2. The van der Waals surface area contributed by atoms with E-state index in [1.54, 1.807) is 18.5 Å². The molecule has 10 nitrogen and oxygen atoms in total. The smallest absolute Gasteiger partial charge is 0.404 e. The quantitative estimate of drug-likeness (QED) is 0.402. The van der Waals surface area contributed by atoms with Crippen LogP contribution in [-0.2, 0) is 0 Å². The van der Waals surface area contributed by atoms with E-state index in [0.717, 1.165) is 55.5 Å². The number of piperidine rings is 2. The Morgan fingerprint density at radius 1 is 1.13 bits per heavy atom. The Hall–Kier alpha value is -3.92. The Bertz CT molecular complexity index is 1340. The zero-order valence-electron chi connectivity index (χ0n) is 21.9. The van der Waals surface area contributed by atoms with Gasteiger partial charge in [-0.3, -0.25) is 9.78 Å². The van der Waals surface area contributed by atoms with Crippen molar-refractivity contribution in [3.8, 4) is 0 Å². The Morgan fingerprint density at radius 2 is 1.92 bits per heavy atom. The molecule has 0 unspecified atom stereocenters. The highest BCUT2D eigenvalue weighted by atomic mass is 16.4. The van der Waals surface area contributed by atoms with Crippen LogP contribution in [0.3, 0.4) is 0 Å². The van der Waals surface area contributed by atoms with Crippen LogP contribution in [0.1, 0.15) is 48.2 Å². The summed E-state index contributed by atoms with van der Waals surface area (Å²) in [7, 11) is 2.15. The topological polar surface area (TPSA) is 137 Å². The van der Waals surface area contributed by atoms with Gasteiger partial charge >= 0.3 is 6.09 Å². The van der Waals surface area contributed by atoms with Crippen molar-refractivity contribution in [2.45, 2.75) is 38.1 Å². The van der Waals surface area contributed by atoms with Crippen LogP contribution in [0, 0.1) is 5.92 Å². The van der Waals surface area contributed by atoms with E-state index in [9.17, 15) is 14.7 Å². The molecule has 0 aliphatic carbocycles. The van der Waals surface area contributed by atoms with E-state index in [1.165, 1.54) is 5.56 Å². The number of nitrogens with two attached hydrogens (primary N) is 1. The molecule has 5 rings (SSSR count). The molecule has 10 heteroatoms. The Kier molecular flexibility index (Phi) is 7.33. The highest BCUT2D eigenvalue weighted by Crippen LogP contribution is 2.32. The highest BCUT2D eigenvalue weighted by molar-refractivity contribution is 6.09. The summed E-state index contributed by atoms with van der Waals surface area (Å²) in [4.78, 5) is 38.0. The first kappa shape index (κ1) is 25.7. The molecular weight excluding hydrogens is 482 g/mol. The molecular formula is C28H35N7O3. The van der Waals surface area contributed by atoms with Crippen LogP contribution < -0.4 is 21.3 Å². The number of anilines is 3. The second-order valence-electron chi connectivity index (χ2n) is 10.7. The third kappa shape index (κ3) is 5.65. The zero-order chi connectivity index (χ0) is 26.8. The summed E-state index contributed by atoms with van der Waals surface area (Å²) in [5.41, 5.74) is 10.1. The number of fused-ring (bicyclic) bond motifs is 1. The molecule has 3 aromatic rings. The molecule has 5 N–H and O–H groups in total. The summed E-state index contributed by atoms with van der Waals surface area (Å²) in [6.45, 7) is 5.46. The van der Waals surface area contributed by atoms with Gasteiger partial charge in [0.15, 0.2) is 5.69 Å². The molecule has 2 saturated heterocycles. The maximum absolute atomic E-state index is 13.4. The number of nitrogens with zero attached hydrogens (tertiary/aromatic N) is 4. The summed E-state index contributed by atoms with van der Waals surface area (Å²) in [6, 6.07) is 9.69. The maximum atomic E-state index is 13.4. The van der Waals surface area contributed by atoms with Crippen molar-refractivity contribution in [2.24, 2.45) is 5.92 Å². The van der Waals surface area contributed by atoms with Gasteiger partial charge in [0, 0.05) is 30.7 Å². The van der Waals surface area contributed by atoms with Crippen molar-refractivity contribution < 1.29 is 14.7 Å². The number of carbonyl (C=O) groups excluding carboxylic acids is 1.